The number of benzene rings is 2. The van der Waals surface area contributed by atoms with Gasteiger partial charge in [-0.15, -0.1) is 0 Å². The van der Waals surface area contributed by atoms with Gasteiger partial charge < -0.3 is 10.2 Å². The fourth-order valence-corrected chi connectivity index (χ4v) is 3.99. The van der Waals surface area contributed by atoms with E-state index in [2.05, 4.69) is 17.2 Å². The van der Waals surface area contributed by atoms with Gasteiger partial charge in [0.05, 0.1) is 23.0 Å². The third-order valence-electron chi connectivity index (χ3n) is 4.82. The molecule has 0 bridgehead atoms. The fraction of sp³-hybridized carbons (Fsp3) is 0.125. The summed E-state index contributed by atoms with van der Waals surface area (Å²) in [5.74, 6) is -0.222. The molecule has 3 aromatic rings. The van der Waals surface area contributed by atoms with Crippen LogP contribution in [0.4, 0.5) is 5.69 Å². The van der Waals surface area contributed by atoms with Gasteiger partial charge in [-0.3, -0.25) is 0 Å². The van der Waals surface area contributed by atoms with E-state index in [-0.39, 0.29) is 5.57 Å². The Kier molecular flexibility index (Phi) is 5.90. The lowest BCUT2D eigenvalue weighted by Crippen LogP contribution is -2.40. The van der Waals surface area contributed by atoms with Gasteiger partial charge in [-0.2, -0.15) is 15.6 Å². The van der Waals surface area contributed by atoms with Crippen molar-refractivity contribution in [3.05, 3.63) is 83.6 Å². The highest BCUT2D eigenvalue weighted by atomic mass is 32.2. The van der Waals surface area contributed by atoms with Crippen LogP contribution in [-0.2, 0) is 0 Å². The Morgan fingerprint density at radius 3 is 2.52 bits per heavy atom. The highest BCUT2D eigenvalue weighted by Crippen LogP contribution is 2.32. The minimum atomic E-state index is -0.734. The van der Waals surface area contributed by atoms with Crippen molar-refractivity contribution in [2.75, 3.05) is 5.01 Å². The summed E-state index contributed by atoms with van der Waals surface area (Å²) in [4.78, 5) is 1.06. The van der Waals surface area contributed by atoms with E-state index in [0.717, 1.165) is 10.6 Å². The van der Waals surface area contributed by atoms with Gasteiger partial charge in [-0.1, -0.05) is 47.7 Å². The highest BCUT2D eigenvalue weighted by Gasteiger charge is 2.37. The van der Waals surface area contributed by atoms with Gasteiger partial charge in [0.25, 0.3) is 0 Å². The molecule has 0 saturated carbocycles. The van der Waals surface area contributed by atoms with Crippen LogP contribution in [0, 0.1) is 35.5 Å². The molecule has 0 amide bonds. The summed E-state index contributed by atoms with van der Waals surface area (Å²) in [7, 11) is 0. The number of hydrazone groups is 1. The average Bonchev–Trinajstić information content (AvgIpc) is 3.37. The molecule has 1 aromatic heterocycles. The van der Waals surface area contributed by atoms with E-state index in [1.807, 2.05) is 67.6 Å². The zero-order chi connectivity index (χ0) is 21.8. The molecule has 1 aliphatic heterocycles. The topological polar surface area (TPSA) is 102 Å². The van der Waals surface area contributed by atoms with Crippen molar-refractivity contribution in [1.82, 2.24) is 0 Å². The Bertz CT molecular complexity index is 1220. The second-order valence-electron chi connectivity index (χ2n) is 7.00. The quantitative estimate of drug-likeness (QED) is 0.581. The second kappa shape index (κ2) is 8.93. The van der Waals surface area contributed by atoms with Gasteiger partial charge >= 0.3 is 0 Å². The minimum Gasteiger partial charge on any atom is -0.450 e. The first-order valence-electron chi connectivity index (χ1n) is 9.63. The van der Waals surface area contributed by atoms with Crippen LogP contribution in [-0.4, -0.2) is 11.9 Å². The number of allylic oxidation sites excluding steroid dienone is 1. The predicted molar refractivity (Wildman–Crippen MR) is 121 cm³/mol. The molecule has 0 radical (unpaired) electrons. The van der Waals surface area contributed by atoms with Crippen molar-refractivity contribution >= 4 is 29.2 Å². The maximum Gasteiger partial charge on any atom is 0.165 e. The predicted octanol–water partition coefficient (Wildman–Crippen LogP) is 4.95. The molecule has 0 saturated heterocycles. The van der Waals surface area contributed by atoms with E-state index < -0.39 is 12.1 Å². The number of hydrogen-bond donors (Lipinski definition) is 1. The third-order valence-corrected chi connectivity index (χ3v) is 5.75. The Balaban J connectivity index is 1.60. The molecular formula is C24H19N5OS. The number of furan rings is 1. The molecular weight excluding hydrogens is 406 g/mol. The van der Waals surface area contributed by atoms with Crippen molar-refractivity contribution in [3.63, 3.8) is 0 Å². The van der Waals surface area contributed by atoms with Gasteiger partial charge in [0, 0.05) is 11.0 Å². The molecule has 2 N–H and O–H groups in total. The molecule has 0 unspecified atom stereocenters. The largest absolute Gasteiger partial charge is 0.450 e. The van der Waals surface area contributed by atoms with E-state index in [4.69, 9.17) is 10.2 Å². The lowest BCUT2D eigenvalue weighted by atomic mass is 9.96. The Morgan fingerprint density at radius 1 is 1.10 bits per heavy atom. The van der Waals surface area contributed by atoms with Gasteiger partial charge in [-0.25, -0.2) is 5.01 Å². The number of nitrogens with two attached hydrogens (primary N) is 1. The molecule has 31 heavy (non-hydrogen) atoms. The van der Waals surface area contributed by atoms with Crippen molar-refractivity contribution in [3.8, 4) is 12.1 Å². The lowest BCUT2D eigenvalue weighted by molar-refractivity contribution is 0.466. The number of nitriles is 2. The van der Waals surface area contributed by atoms with Crippen molar-refractivity contribution in [1.29, 1.82) is 10.5 Å². The maximum atomic E-state index is 9.76. The maximum absolute atomic E-state index is 9.76. The van der Waals surface area contributed by atoms with E-state index in [1.165, 1.54) is 17.3 Å². The summed E-state index contributed by atoms with van der Waals surface area (Å²) in [6, 6.07) is 25.5. The Hall–Kier alpha value is -3.78. The molecule has 4 rings (SSSR count). The van der Waals surface area contributed by atoms with Gasteiger partial charge in [-0.05, 0) is 43.3 Å². The van der Waals surface area contributed by atoms with Gasteiger partial charge in [0.1, 0.15) is 23.9 Å². The number of hydrogen-bond acceptors (Lipinski definition) is 7. The summed E-state index contributed by atoms with van der Waals surface area (Å²) >= 11 is 1.50. The first-order chi connectivity index (χ1) is 15.1. The van der Waals surface area contributed by atoms with Crippen LogP contribution in [0.15, 0.2) is 91.8 Å². The number of aryl methyl sites for hydroxylation is 1. The van der Waals surface area contributed by atoms with Gasteiger partial charge in [0.2, 0.25) is 0 Å². The summed E-state index contributed by atoms with van der Waals surface area (Å²) in [6.07, 6.45) is 0.923. The molecule has 0 spiro atoms. The molecule has 1 aliphatic rings. The summed E-state index contributed by atoms with van der Waals surface area (Å²) in [5, 5.41) is 26.2. The summed E-state index contributed by atoms with van der Waals surface area (Å²) in [5.41, 5.74) is 8.81. The highest BCUT2D eigenvalue weighted by molar-refractivity contribution is 7.99. The normalized spacial score (nSPS) is 18.4. The first-order valence-corrected chi connectivity index (χ1v) is 10.4. The fourth-order valence-electron chi connectivity index (χ4n) is 3.21. The monoisotopic (exact) mass is 425 g/mol. The number of para-hydroxylation sites is 1. The van der Waals surface area contributed by atoms with E-state index in [1.54, 1.807) is 17.2 Å². The van der Waals surface area contributed by atoms with Crippen molar-refractivity contribution in [2.45, 2.75) is 23.1 Å². The summed E-state index contributed by atoms with van der Waals surface area (Å²) in [6.45, 7) is 2.04. The van der Waals surface area contributed by atoms with Crippen LogP contribution in [0.5, 0.6) is 0 Å². The number of anilines is 1. The molecule has 0 aliphatic carbocycles. The van der Waals surface area contributed by atoms with Crippen LogP contribution in [0.3, 0.4) is 0 Å². The van der Waals surface area contributed by atoms with E-state index in [9.17, 15) is 10.5 Å². The zero-order valence-electron chi connectivity index (χ0n) is 16.8. The molecule has 0 fully saturated rings. The van der Waals surface area contributed by atoms with Crippen LogP contribution in [0.2, 0.25) is 0 Å². The SMILES string of the molecule is Cc1ccc(Sc2ccc(/C=C(/C#N)C3=NN(c4ccccc4)[C@H](N)[C@@H]3C#N)o2)cc1. The van der Waals surface area contributed by atoms with E-state index >= 15 is 0 Å². The van der Waals surface area contributed by atoms with E-state index in [0.29, 0.717) is 16.6 Å². The van der Waals surface area contributed by atoms with Crippen LogP contribution >= 0.6 is 11.8 Å². The molecule has 6 nitrogen and oxygen atoms in total. The minimum absolute atomic E-state index is 0.252. The first kappa shape index (κ1) is 20.5. The van der Waals surface area contributed by atoms with Crippen LogP contribution in [0.25, 0.3) is 6.08 Å². The molecule has 2 heterocycles. The summed E-state index contributed by atoms with van der Waals surface area (Å²) < 4.78 is 5.87. The Labute approximate surface area is 184 Å². The molecule has 152 valence electrons. The molecule has 2 aromatic carbocycles. The average molecular weight is 426 g/mol. The van der Waals surface area contributed by atoms with Crippen molar-refractivity contribution in [2.24, 2.45) is 16.8 Å². The van der Waals surface area contributed by atoms with Crippen molar-refractivity contribution < 1.29 is 4.42 Å². The Morgan fingerprint density at radius 2 is 1.84 bits per heavy atom. The second-order valence-corrected chi connectivity index (χ2v) is 8.08. The molecule has 7 heteroatoms. The standard InChI is InChI=1S/C24H19N5OS/c1-16-7-10-20(11-8-16)31-22-12-9-19(30-22)13-17(14-25)23-21(15-26)24(27)29(28-23)18-5-3-2-4-6-18/h2-13,21,24H,27H2,1H3/b17-13-/t21-,24+/m1/s1. The van der Waals surface area contributed by atoms with Crippen LogP contribution in [0.1, 0.15) is 11.3 Å². The number of rotatable bonds is 5. The number of nitrogens with zero attached hydrogens (tertiary/aromatic N) is 4. The third kappa shape index (κ3) is 4.39. The van der Waals surface area contributed by atoms with Gasteiger partial charge in [0.15, 0.2) is 5.09 Å². The van der Waals surface area contributed by atoms with Crippen LogP contribution < -0.4 is 10.7 Å². The lowest BCUT2D eigenvalue weighted by Gasteiger charge is -2.21. The molecule has 2 atom stereocenters. The zero-order valence-corrected chi connectivity index (χ0v) is 17.6. The smallest absolute Gasteiger partial charge is 0.165 e.